The molecule has 3 aromatic rings. The second-order valence-electron chi connectivity index (χ2n) is 6.27. The first-order chi connectivity index (χ1) is 11.0. The van der Waals surface area contributed by atoms with Crippen molar-refractivity contribution < 1.29 is 0 Å². The quantitative estimate of drug-likeness (QED) is 0.387. The van der Waals surface area contributed by atoms with Gasteiger partial charge in [0, 0.05) is 0 Å². The molecule has 2 heteroatoms. The summed E-state index contributed by atoms with van der Waals surface area (Å²) in [6, 6.07) is 26.0. The van der Waals surface area contributed by atoms with Gasteiger partial charge in [0.15, 0.2) is 0 Å². The third-order valence-corrected chi connectivity index (χ3v) is 9.53. The largest absolute Gasteiger partial charge is 0.247 e. The van der Waals surface area contributed by atoms with Crippen LogP contribution in [0.2, 0.25) is 0 Å². The fourth-order valence-electron chi connectivity index (χ4n) is 3.08. The van der Waals surface area contributed by atoms with E-state index < -0.39 is 7.38 Å². The summed E-state index contributed by atoms with van der Waals surface area (Å²) in [4.78, 5) is 0. The molecule has 0 fully saturated rings. The molecule has 0 heterocycles. The number of hydrogen-bond acceptors (Lipinski definition) is 0. The minimum Gasteiger partial charge on any atom is -0.149 e. The van der Waals surface area contributed by atoms with Crippen molar-refractivity contribution >= 4 is 34.0 Å². The lowest BCUT2D eigenvalue weighted by Gasteiger charge is -2.27. The van der Waals surface area contributed by atoms with E-state index in [1.807, 2.05) is 0 Å². The molecule has 0 unspecified atom stereocenters. The molecule has 23 heavy (non-hydrogen) atoms. The van der Waals surface area contributed by atoms with Crippen molar-refractivity contribution in [2.24, 2.45) is 0 Å². The SMILES string of the molecule is Cc1cccc([Si](Cl)(c2cccc(C)c2)c2cccc(C)c2)c1. The van der Waals surface area contributed by atoms with Crippen LogP contribution in [0.3, 0.4) is 0 Å². The van der Waals surface area contributed by atoms with Gasteiger partial charge in [-0.3, -0.25) is 0 Å². The molecular weight excluding hydrogens is 316 g/mol. The molecular formula is C21H21ClSi. The lowest BCUT2D eigenvalue weighted by atomic mass is 10.2. The van der Waals surface area contributed by atoms with E-state index in [0.29, 0.717) is 0 Å². The lowest BCUT2D eigenvalue weighted by molar-refractivity contribution is 1.47. The van der Waals surface area contributed by atoms with Gasteiger partial charge in [-0.2, -0.15) is 0 Å². The predicted octanol–water partition coefficient (Wildman–Crippen LogP) is 3.82. The van der Waals surface area contributed by atoms with Crippen LogP contribution < -0.4 is 15.6 Å². The molecule has 116 valence electrons. The Morgan fingerprint density at radius 3 is 1.13 bits per heavy atom. The van der Waals surface area contributed by atoms with Crippen LogP contribution >= 0.6 is 11.1 Å². The molecule has 0 aromatic heterocycles. The van der Waals surface area contributed by atoms with Crippen LogP contribution in [0.1, 0.15) is 16.7 Å². The zero-order chi connectivity index (χ0) is 16.4. The van der Waals surface area contributed by atoms with Crippen molar-refractivity contribution in [3.05, 3.63) is 89.5 Å². The van der Waals surface area contributed by atoms with Crippen LogP contribution in [0, 0.1) is 20.8 Å². The molecule has 0 radical (unpaired) electrons. The maximum atomic E-state index is 7.47. The van der Waals surface area contributed by atoms with Crippen LogP contribution in [-0.2, 0) is 0 Å². The molecule has 3 rings (SSSR count). The number of halogens is 1. The fourth-order valence-corrected chi connectivity index (χ4v) is 7.39. The Balaban J connectivity index is 2.29. The van der Waals surface area contributed by atoms with Crippen molar-refractivity contribution in [2.45, 2.75) is 20.8 Å². The molecule has 0 spiro atoms. The topological polar surface area (TPSA) is 0 Å². The van der Waals surface area contributed by atoms with Crippen LogP contribution in [0.4, 0.5) is 0 Å². The molecule has 0 atom stereocenters. The first kappa shape index (κ1) is 16.0. The zero-order valence-corrected chi connectivity index (χ0v) is 15.6. The van der Waals surface area contributed by atoms with E-state index >= 15 is 0 Å². The molecule has 0 aliphatic rings. The molecule has 0 aliphatic carbocycles. The van der Waals surface area contributed by atoms with E-state index in [-0.39, 0.29) is 0 Å². The van der Waals surface area contributed by atoms with E-state index in [1.54, 1.807) is 0 Å². The summed E-state index contributed by atoms with van der Waals surface area (Å²) in [5, 5.41) is 3.74. The van der Waals surface area contributed by atoms with Crippen LogP contribution in [0.5, 0.6) is 0 Å². The molecule has 3 aromatic carbocycles. The second kappa shape index (κ2) is 6.35. The van der Waals surface area contributed by atoms with Gasteiger partial charge in [0.05, 0.1) is 0 Å². The first-order valence-electron chi connectivity index (χ1n) is 7.90. The monoisotopic (exact) mass is 336 g/mol. The minimum atomic E-state index is -2.50. The third kappa shape index (κ3) is 3.12. The van der Waals surface area contributed by atoms with Crippen LogP contribution in [0.15, 0.2) is 72.8 Å². The fraction of sp³-hybridized carbons (Fsp3) is 0.143. The standard InChI is InChI=1S/C21H21ClSi/c1-16-7-4-10-19(13-16)23(22,20-11-5-8-17(2)14-20)21-12-6-9-18(3)15-21/h4-15H,1-3H3. The van der Waals surface area contributed by atoms with Gasteiger partial charge in [0.25, 0.3) is 0 Å². The van der Waals surface area contributed by atoms with Gasteiger partial charge in [-0.05, 0) is 36.3 Å². The molecule has 0 N–H and O–H groups in total. The summed E-state index contributed by atoms with van der Waals surface area (Å²) in [5.41, 5.74) is 3.75. The molecule has 0 aliphatic heterocycles. The van der Waals surface area contributed by atoms with Crippen LogP contribution in [-0.4, -0.2) is 7.38 Å². The smallest absolute Gasteiger partial charge is 0.149 e. The maximum absolute atomic E-state index is 7.47. The van der Waals surface area contributed by atoms with Crippen molar-refractivity contribution in [3.63, 3.8) is 0 Å². The molecule has 0 saturated carbocycles. The van der Waals surface area contributed by atoms with E-state index in [2.05, 4.69) is 93.6 Å². The Hall–Kier alpha value is -1.83. The Labute approximate surface area is 144 Å². The van der Waals surface area contributed by atoms with Crippen LogP contribution in [0.25, 0.3) is 0 Å². The highest BCUT2D eigenvalue weighted by Gasteiger charge is 2.38. The number of rotatable bonds is 3. The second-order valence-corrected chi connectivity index (χ2v) is 11.0. The van der Waals surface area contributed by atoms with Gasteiger partial charge in [0.1, 0.15) is 0 Å². The summed E-state index contributed by atoms with van der Waals surface area (Å²) >= 11 is 7.47. The molecule has 0 saturated heterocycles. The average molecular weight is 337 g/mol. The molecule has 0 amide bonds. The summed E-state index contributed by atoms with van der Waals surface area (Å²) in [6.45, 7) is 6.38. The number of hydrogen-bond donors (Lipinski definition) is 0. The summed E-state index contributed by atoms with van der Waals surface area (Å²) < 4.78 is 0. The normalized spacial score (nSPS) is 11.5. The van der Waals surface area contributed by atoms with Gasteiger partial charge in [-0.1, -0.05) is 89.5 Å². The van der Waals surface area contributed by atoms with Gasteiger partial charge in [-0.15, -0.1) is 11.1 Å². The third-order valence-electron chi connectivity index (χ3n) is 4.25. The lowest BCUT2D eigenvalue weighted by Crippen LogP contribution is -2.63. The maximum Gasteiger partial charge on any atom is 0.247 e. The van der Waals surface area contributed by atoms with Gasteiger partial charge in [-0.25, -0.2) is 0 Å². The number of aryl methyl sites for hydroxylation is 3. The van der Waals surface area contributed by atoms with Crippen molar-refractivity contribution in [2.75, 3.05) is 0 Å². The van der Waals surface area contributed by atoms with E-state index in [4.69, 9.17) is 11.1 Å². The van der Waals surface area contributed by atoms with E-state index in [9.17, 15) is 0 Å². The minimum absolute atomic E-state index is 1.25. The number of benzene rings is 3. The zero-order valence-electron chi connectivity index (χ0n) is 13.8. The van der Waals surface area contributed by atoms with E-state index in [0.717, 1.165) is 0 Å². The van der Waals surface area contributed by atoms with Crippen molar-refractivity contribution in [3.8, 4) is 0 Å². The summed E-state index contributed by atoms with van der Waals surface area (Å²) in [5.74, 6) is 0. The van der Waals surface area contributed by atoms with Crippen molar-refractivity contribution in [1.82, 2.24) is 0 Å². The Kier molecular flexibility index (Phi) is 4.43. The average Bonchev–Trinajstić information content (AvgIpc) is 2.54. The predicted molar refractivity (Wildman–Crippen MR) is 104 cm³/mol. The Bertz CT molecular complexity index is 728. The highest BCUT2D eigenvalue weighted by atomic mass is 35.6. The summed E-state index contributed by atoms with van der Waals surface area (Å²) in [7, 11) is -2.50. The Morgan fingerprint density at radius 2 is 0.870 bits per heavy atom. The highest BCUT2D eigenvalue weighted by Crippen LogP contribution is 2.14. The van der Waals surface area contributed by atoms with Gasteiger partial charge in [0.2, 0.25) is 7.38 Å². The van der Waals surface area contributed by atoms with E-state index in [1.165, 1.54) is 32.3 Å². The Morgan fingerprint density at radius 1 is 0.565 bits per heavy atom. The first-order valence-corrected chi connectivity index (χ1v) is 10.9. The summed E-state index contributed by atoms with van der Waals surface area (Å²) in [6.07, 6.45) is 0. The van der Waals surface area contributed by atoms with Gasteiger partial charge < -0.3 is 0 Å². The molecule has 0 nitrogen and oxygen atoms in total. The molecule has 0 bridgehead atoms. The highest BCUT2D eigenvalue weighted by molar-refractivity contribution is 7.40. The van der Waals surface area contributed by atoms with Crippen molar-refractivity contribution in [1.29, 1.82) is 0 Å². The van der Waals surface area contributed by atoms with Gasteiger partial charge >= 0.3 is 0 Å².